The second kappa shape index (κ2) is 3.35. The average molecular weight is 168 g/mol. The van der Waals surface area contributed by atoms with Crippen molar-refractivity contribution in [3.05, 3.63) is 0 Å². The van der Waals surface area contributed by atoms with Gasteiger partial charge in [-0.3, -0.25) is 0 Å². The van der Waals surface area contributed by atoms with Crippen LogP contribution in [0.4, 0.5) is 0 Å². The van der Waals surface area contributed by atoms with Crippen LogP contribution in [0.5, 0.6) is 0 Å². The molecular weight excluding hydrogens is 148 g/mol. The Hall–Kier alpha value is -0.0800. The van der Waals surface area contributed by atoms with Crippen LogP contribution in [0.1, 0.15) is 32.6 Å². The van der Waals surface area contributed by atoms with Gasteiger partial charge in [-0.1, -0.05) is 6.92 Å². The zero-order valence-electron chi connectivity index (χ0n) is 8.10. The number of hydrogen-bond donors (Lipinski definition) is 1. The molecule has 1 spiro atoms. The molecule has 1 N–H and O–H groups in total. The van der Waals surface area contributed by atoms with Crippen molar-refractivity contribution in [1.82, 2.24) is 10.2 Å². The first-order chi connectivity index (χ1) is 5.85. The van der Waals surface area contributed by atoms with Crippen molar-refractivity contribution in [1.29, 1.82) is 0 Å². The SMILES string of the molecule is CCCN1CCC2(CCCN2)C1. The van der Waals surface area contributed by atoms with Gasteiger partial charge in [0.15, 0.2) is 0 Å². The van der Waals surface area contributed by atoms with Crippen LogP contribution in [0, 0.1) is 0 Å². The summed E-state index contributed by atoms with van der Waals surface area (Å²) in [4.78, 5) is 2.61. The lowest BCUT2D eigenvalue weighted by atomic mass is 9.97. The summed E-state index contributed by atoms with van der Waals surface area (Å²) in [5.74, 6) is 0. The van der Waals surface area contributed by atoms with E-state index in [2.05, 4.69) is 17.1 Å². The van der Waals surface area contributed by atoms with Crippen molar-refractivity contribution >= 4 is 0 Å². The van der Waals surface area contributed by atoms with Gasteiger partial charge in [0.1, 0.15) is 0 Å². The summed E-state index contributed by atoms with van der Waals surface area (Å²) in [6, 6.07) is 0. The first kappa shape index (κ1) is 8.52. The summed E-state index contributed by atoms with van der Waals surface area (Å²) in [6.45, 7) is 7.44. The van der Waals surface area contributed by atoms with Crippen molar-refractivity contribution in [3.8, 4) is 0 Å². The number of rotatable bonds is 2. The average Bonchev–Trinajstić information content (AvgIpc) is 2.65. The maximum absolute atomic E-state index is 3.68. The van der Waals surface area contributed by atoms with Gasteiger partial charge in [0.05, 0.1) is 0 Å². The van der Waals surface area contributed by atoms with E-state index in [4.69, 9.17) is 0 Å². The van der Waals surface area contributed by atoms with Gasteiger partial charge in [-0.05, 0) is 38.8 Å². The molecule has 2 heterocycles. The molecule has 2 aliphatic heterocycles. The fraction of sp³-hybridized carbons (Fsp3) is 1.00. The Kier molecular flexibility index (Phi) is 2.37. The van der Waals surface area contributed by atoms with Gasteiger partial charge in [-0.15, -0.1) is 0 Å². The minimum Gasteiger partial charge on any atom is -0.310 e. The standard InChI is InChI=1S/C10H20N2/c1-2-7-12-8-5-10(9-12)4-3-6-11-10/h11H,2-9H2,1H3. The Morgan fingerprint density at radius 3 is 3.00 bits per heavy atom. The third-order valence-corrected chi connectivity index (χ3v) is 3.30. The van der Waals surface area contributed by atoms with E-state index in [9.17, 15) is 0 Å². The Labute approximate surface area is 75.3 Å². The lowest BCUT2D eigenvalue weighted by Crippen LogP contribution is -2.42. The molecule has 2 saturated heterocycles. The van der Waals surface area contributed by atoms with E-state index in [-0.39, 0.29) is 0 Å². The van der Waals surface area contributed by atoms with Crippen molar-refractivity contribution in [2.75, 3.05) is 26.2 Å². The van der Waals surface area contributed by atoms with E-state index >= 15 is 0 Å². The van der Waals surface area contributed by atoms with Crippen LogP contribution in [-0.2, 0) is 0 Å². The second-order valence-electron chi connectivity index (χ2n) is 4.34. The Bertz CT molecular complexity index is 150. The smallest absolute Gasteiger partial charge is 0.0321 e. The van der Waals surface area contributed by atoms with E-state index in [1.54, 1.807) is 0 Å². The molecule has 0 radical (unpaired) electrons. The zero-order valence-corrected chi connectivity index (χ0v) is 8.10. The first-order valence-corrected chi connectivity index (χ1v) is 5.32. The van der Waals surface area contributed by atoms with Gasteiger partial charge < -0.3 is 10.2 Å². The molecule has 0 saturated carbocycles. The Morgan fingerprint density at radius 1 is 1.42 bits per heavy atom. The summed E-state index contributed by atoms with van der Waals surface area (Å²) in [7, 11) is 0. The molecule has 0 aromatic heterocycles. The minimum atomic E-state index is 0.537. The summed E-state index contributed by atoms with van der Waals surface area (Å²) >= 11 is 0. The van der Waals surface area contributed by atoms with Crippen LogP contribution in [0.2, 0.25) is 0 Å². The van der Waals surface area contributed by atoms with Crippen molar-refractivity contribution in [2.24, 2.45) is 0 Å². The van der Waals surface area contributed by atoms with Crippen LogP contribution in [0.3, 0.4) is 0 Å². The molecule has 2 aliphatic rings. The lowest BCUT2D eigenvalue weighted by molar-refractivity contribution is 0.298. The third-order valence-electron chi connectivity index (χ3n) is 3.30. The normalized spacial score (nSPS) is 36.8. The fourth-order valence-electron chi connectivity index (χ4n) is 2.68. The number of hydrogen-bond acceptors (Lipinski definition) is 2. The van der Waals surface area contributed by atoms with Crippen LogP contribution in [0.15, 0.2) is 0 Å². The van der Waals surface area contributed by atoms with Crippen LogP contribution >= 0.6 is 0 Å². The maximum atomic E-state index is 3.68. The van der Waals surface area contributed by atoms with E-state index < -0.39 is 0 Å². The minimum absolute atomic E-state index is 0.537. The van der Waals surface area contributed by atoms with E-state index in [0.29, 0.717) is 5.54 Å². The highest BCUT2D eigenvalue weighted by molar-refractivity contribution is 5.00. The van der Waals surface area contributed by atoms with Crippen LogP contribution in [-0.4, -0.2) is 36.6 Å². The van der Waals surface area contributed by atoms with E-state index in [1.165, 1.54) is 51.9 Å². The van der Waals surface area contributed by atoms with Crippen LogP contribution in [0.25, 0.3) is 0 Å². The van der Waals surface area contributed by atoms with E-state index in [1.807, 2.05) is 0 Å². The zero-order chi connectivity index (χ0) is 8.44. The van der Waals surface area contributed by atoms with Crippen molar-refractivity contribution < 1.29 is 0 Å². The van der Waals surface area contributed by atoms with Gasteiger partial charge in [0.2, 0.25) is 0 Å². The Balaban J connectivity index is 1.88. The first-order valence-electron chi connectivity index (χ1n) is 5.32. The predicted molar refractivity (Wildman–Crippen MR) is 51.3 cm³/mol. The molecule has 0 aromatic carbocycles. The van der Waals surface area contributed by atoms with Gasteiger partial charge in [-0.25, -0.2) is 0 Å². The molecule has 0 aliphatic carbocycles. The highest BCUT2D eigenvalue weighted by atomic mass is 15.2. The molecule has 2 fully saturated rings. The summed E-state index contributed by atoms with van der Waals surface area (Å²) in [5.41, 5.74) is 0.537. The molecule has 0 bridgehead atoms. The Morgan fingerprint density at radius 2 is 2.33 bits per heavy atom. The highest BCUT2D eigenvalue weighted by Gasteiger charge is 2.39. The molecular formula is C10H20N2. The second-order valence-corrected chi connectivity index (χ2v) is 4.34. The molecule has 2 nitrogen and oxygen atoms in total. The molecule has 1 unspecified atom stereocenters. The third kappa shape index (κ3) is 1.50. The monoisotopic (exact) mass is 168 g/mol. The van der Waals surface area contributed by atoms with Gasteiger partial charge in [-0.2, -0.15) is 0 Å². The number of nitrogens with one attached hydrogen (secondary N) is 1. The topological polar surface area (TPSA) is 15.3 Å². The van der Waals surface area contributed by atoms with E-state index in [0.717, 1.165) is 0 Å². The quantitative estimate of drug-likeness (QED) is 0.667. The molecule has 0 aromatic rings. The summed E-state index contributed by atoms with van der Waals surface area (Å²) < 4.78 is 0. The van der Waals surface area contributed by atoms with Gasteiger partial charge in [0.25, 0.3) is 0 Å². The predicted octanol–water partition coefficient (Wildman–Crippen LogP) is 1.22. The molecule has 0 amide bonds. The largest absolute Gasteiger partial charge is 0.310 e. The lowest BCUT2D eigenvalue weighted by Gasteiger charge is -2.24. The molecule has 70 valence electrons. The molecule has 12 heavy (non-hydrogen) atoms. The van der Waals surface area contributed by atoms with Crippen molar-refractivity contribution in [3.63, 3.8) is 0 Å². The molecule has 1 atom stereocenters. The molecule has 2 rings (SSSR count). The summed E-state index contributed by atoms with van der Waals surface area (Å²) in [5, 5.41) is 3.68. The van der Waals surface area contributed by atoms with Gasteiger partial charge in [0, 0.05) is 18.6 Å². The maximum Gasteiger partial charge on any atom is 0.0321 e. The number of likely N-dealkylation sites (tertiary alicyclic amines) is 1. The van der Waals surface area contributed by atoms with Gasteiger partial charge >= 0.3 is 0 Å². The molecule has 2 heteroatoms. The van der Waals surface area contributed by atoms with Crippen LogP contribution < -0.4 is 5.32 Å². The fourth-order valence-corrected chi connectivity index (χ4v) is 2.68. The van der Waals surface area contributed by atoms with Crippen molar-refractivity contribution in [2.45, 2.75) is 38.1 Å². The number of nitrogens with zero attached hydrogens (tertiary/aromatic N) is 1. The highest BCUT2D eigenvalue weighted by Crippen LogP contribution is 2.29. The summed E-state index contributed by atoms with van der Waals surface area (Å²) in [6.07, 6.45) is 5.48.